The Hall–Kier alpha value is -1.96. The lowest BCUT2D eigenvalue weighted by Gasteiger charge is -2.00. The quantitative estimate of drug-likeness (QED) is 0.408. The van der Waals surface area contributed by atoms with E-state index < -0.39 is 4.92 Å². The molecule has 0 saturated carbocycles. The topological polar surface area (TPSA) is 77.5 Å². The van der Waals surface area contributed by atoms with E-state index in [-0.39, 0.29) is 16.4 Å². The molecule has 1 aromatic carbocycles. The summed E-state index contributed by atoms with van der Waals surface area (Å²) in [7, 11) is 0. The van der Waals surface area contributed by atoms with Crippen LogP contribution in [-0.4, -0.2) is 20.6 Å². The third kappa shape index (κ3) is 2.29. The van der Waals surface area contributed by atoms with Crippen LogP contribution in [0.25, 0.3) is 16.2 Å². The van der Waals surface area contributed by atoms with Crippen LogP contribution in [0.15, 0.2) is 24.4 Å². The highest BCUT2D eigenvalue weighted by molar-refractivity contribution is 7.20. The maximum Gasteiger partial charge on any atom is 0.288 e. The summed E-state index contributed by atoms with van der Waals surface area (Å²) in [5.41, 5.74) is 0.845. The maximum atomic E-state index is 11.3. The number of benzene rings is 1. The van der Waals surface area contributed by atoms with Crippen molar-refractivity contribution in [3.63, 3.8) is 0 Å². The SMILES string of the molecule is O=Cc1c(-c2ccc(Cl)c([N+](=O)[O-])c2)nc2sc(Cl)cn12. The number of carbonyl (C=O) groups is 1. The van der Waals surface area contributed by atoms with Crippen molar-refractivity contribution >= 4 is 51.5 Å². The van der Waals surface area contributed by atoms with E-state index in [1.165, 1.54) is 23.5 Å². The largest absolute Gasteiger partial charge is 0.296 e. The minimum absolute atomic E-state index is 0.0282. The van der Waals surface area contributed by atoms with E-state index in [0.29, 0.717) is 26.8 Å². The lowest BCUT2D eigenvalue weighted by Crippen LogP contribution is -1.93. The average molecular weight is 342 g/mol. The monoisotopic (exact) mass is 341 g/mol. The van der Waals surface area contributed by atoms with Crippen LogP contribution in [-0.2, 0) is 0 Å². The maximum absolute atomic E-state index is 11.3. The fraction of sp³-hybridized carbons (Fsp3) is 0. The van der Waals surface area contributed by atoms with E-state index in [2.05, 4.69) is 4.98 Å². The van der Waals surface area contributed by atoms with Crippen LogP contribution in [0.3, 0.4) is 0 Å². The Morgan fingerprint density at radius 3 is 2.81 bits per heavy atom. The number of nitro groups is 1. The van der Waals surface area contributed by atoms with Gasteiger partial charge in [-0.1, -0.05) is 40.6 Å². The van der Waals surface area contributed by atoms with Crippen molar-refractivity contribution in [3.05, 3.63) is 49.6 Å². The molecular formula is C12H5Cl2N3O3S. The van der Waals surface area contributed by atoms with Crippen molar-refractivity contribution in [2.45, 2.75) is 0 Å². The molecule has 2 aromatic heterocycles. The predicted octanol–water partition coefficient (Wildman–Crippen LogP) is 4.09. The summed E-state index contributed by atoms with van der Waals surface area (Å²) in [6.07, 6.45) is 2.21. The van der Waals surface area contributed by atoms with Gasteiger partial charge in [0, 0.05) is 17.8 Å². The number of aldehydes is 1. The lowest BCUT2D eigenvalue weighted by molar-refractivity contribution is -0.384. The summed E-state index contributed by atoms with van der Waals surface area (Å²) in [6, 6.07) is 4.28. The van der Waals surface area contributed by atoms with Crippen LogP contribution in [0.5, 0.6) is 0 Å². The first-order valence-electron chi connectivity index (χ1n) is 5.58. The van der Waals surface area contributed by atoms with E-state index in [1.807, 2.05) is 0 Å². The standard InChI is InChI=1S/C12H5Cl2N3O3S/c13-7-2-1-6(3-8(7)17(19)20)11-9(5-18)16-4-10(14)21-12(16)15-11/h1-5H. The predicted molar refractivity (Wildman–Crippen MR) is 80.6 cm³/mol. The molecular weight excluding hydrogens is 337 g/mol. The van der Waals surface area contributed by atoms with Gasteiger partial charge in [0.2, 0.25) is 0 Å². The Kier molecular flexibility index (Phi) is 3.40. The highest BCUT2D eigenvalue weighted by Crippen LogP contribution is 2.33. The number of aromatic nitrogens is 2. The Bertz CT molecular complexity index is 887. The minimum atomic E-state index is -0.582. The number of hydrogen-bond acceptors (Lipinski definition) is 5. The number of rotatable bonds is 3. The Labute approximate surface area is 131 Å². The summed E-state index contributed by atoms with van der Waals surface area (Å²) in [4.78, 5) is 26.5. The molecule has 0 fully saturated rings. The molecule has 9 heteroatoms. The van der Waals surface area contributed by atoms with Gasteiger partial charge in [0.25, 0.3) is 5.69 Å². The molecule has 0 N–H and O–H groups in total. The lowest BCUT2D eigenvalue weighted by atomic mass is 10.1. The fourth-order valence-corrected chi connectivity index (χ4v) is 3.17. The molecule has 0 aliphatic heterocycles. The van der Waals surface area contributed by atoms with Gasteiger partial charge in [-0.05, 0) is 6.07 Å². The zero-order valence-electron chi connectivity index (χ0n) is 10.1. The Balaban J connectivity index is 2.25. The normalized spacial score (nSPS) is 11.0. The molecule has 21 heavy (non-hydrogen) atoms. The van der Waals surface area contributed by atoms with Crippen LogP contribution in [0, 0.1) is 10.1 Å². The van der Waals surface area contributed by atoms with Crippen molar-refractivity contribution < 1.29 is 9.72 Å². The van der Waals surface area contributed by atoms with Crippen molar-refractivity contribution in [2.24, 2.45) is 0 Å². The van der Waals surface area contributed by atoms with Crippen LogP contribution in [0.4, 0.5) is 5.69 Å². The van der Waals surface area contributed by atoms with Crippen molar-refractivity contribution in [2.75, 3.05) is 0 Å². The highest BCUT2D eigenvalue weighted by atomic mass is 35.5. The summed E-state index contributed by atoms with van der Waals surface area (Å²) in [5, 5.41) is 11.0. The van der Waals surface area contributed by atoms with Crippen LogP contribution >= 0.6 is 34.5 Å². The first-order valence-corrected chi connectivity index (χ1v) is 7.15. The zero-order chi connectivity index (χ0) is 15.1. The molecule has 0 aliphatic carbocycles. The third-order valence-electron chi connectivity index (χ3n) is 2.86. The molecule has 2 heterocycles. The van der Waals surface area contributed by atoms with E-state index in [1.54, 1.807) is 16.7 Å². The number of nitro benzene ring substituents is 1. The van der Waals surface area contributed by atoms with E-state index >= 15 is 0 Å². The number of thiazole rings is 1. The van der Waals surface area contributed by atoms with Gasteiger partial charge in [-0.15, -0.1) is 0 Å². The van der Waals surface area contributed by atoms with E-state index in [9.17, 15) is 14.9 Å². The van der Waals surface area contributed by atoms with Crippen LogP contribution < -0.4 is 0 Å². The number of nitrogens with zero attached hydrogens (tertiary/aromatic N) is 3. The molecule has 106 valence electrons. The Morgan fingerprint density at radius 2 is 2.14 bits per heavy atom. The first kappa shape index (κ1) is 14.0. The summed E-state index contributed by atoms with van der Waals surface area (Å²) in [6.45, 7) is 0. The molecule has 0 atom stereocenters. The second-order valence-electron chi connectivity index (χ2n) is 4.07. The zero-order valence-corrected chi connectivity index (χ0v) is 12.4. The van der Waals surface area contributed by atoms with E-state index in [0.717, 1.165) is 0 Å². The van der Waals surface area contributed by atoms with Crippen LogP contribution in [0.2, 0.25) is 9.36 Å². The van der Waals surface area contributed by atoms with Crippen molar-refractivity contribution in [3.8, 4) is 11.3 Å². The summed E-state index contributed by atoms with van der Waals surface area (Å²) in [5.74, 6) is 0. The molecule has 0 bridgehead atoms. The second kappa shape index (κ2) is 5.10. The van der Waals surface area contributed by atoms with Crippen LogP contribution in [0.1, 0.15) is 10.5 Å². The van der Waals surface area contributed by atoms with E-state index in [4.69, 9.17) is 23.2 Å². The number of hydrogen-bond donors (Lipinski definition) is 0. The molecule has 0 aliphatic rings. The molecule has 6 nitrogen and oxygen atoms in total. The molecule has 3 aromatic rings. The van der Waals surface area contributed by atoms with Gasteiger partial charge in [0.15, 0.2) is 11.2 Å². The minimum Gasteiger partial charge on any atom is -0.296 e. The number of imidazole rings is 1. The van der Waals surface area contributed by atoms with Gasteiger partial charge in [0.1, 0.15) is 20.7 Å². The van der Waals surface area contributed by atoms with Crippen molar-refractivity contribution in [1.29, 1.82) is 0 Å². The first-order chi connectivity index (χ1) is 10.0. The molecule has 0 amide bonds. The number of halogens is 2. The molecule has 0 spiro atoms. The van der Waals surface area contributed by atoms with Gasteiger partial charge in [-0.3, -0.25) is 19.3 Å². The highest BCUT2D eigenvalue weighted by Gasteiger charge is 2.19. The molecule has 0 saturated heterocycles. The van der Waals surface area contributed by atoms with Crippen molar-refractivity contribution in [1.82, 2.24) is 9.38 Å². The molecule has 0 radical (unpaired) electrons. The second-order valence-corrected chi connectivity index (χ2v) is 6.12. The molecule has 3 rings (SSSR count). The summed E-state index contributed by atoms with van der Waals surface area (Å²) < 4.78 is 2.05. The number of fused-ring (bicyclic) bond motifs is 1. The van der Waals surface area contributed by atoms with Gasteiger partial charge < -0.3 is 0 Å². The molecule has 0 unspecified atom stereocenters. The smallest absolute Gasteiger partial charge is 0.288 e. The van der Waals surface area contributed by atoms with Gasteiger partial charge >= 0.3 is 0 Å². The average Bonchev–Trinajstić information content (AvgIpc) is 2.94. The fourth-order valence-electron chi connectivity index (χ4n) is 1.96. The Morgan fingerprint density at radius 1 is 1.38 bits per heavy atom. The van der Waals surface area contributed by atoms with Gasteiger partial charge in [-0.2, -0.15) is 0 Å². The van der Waals surface area contributed by atoms with Gasteiger partial charge in [-0.25, -0.2) is 4.98 Å². The number of carbonyl (C=O) groups excluding carboxylic acids is 1. The van der Waals surface area contributed by atoms with Gasteiger partial charge in [0.05, 0.1) is 4.92 Å². The third-order valence-corrected chi connectivity index (χ3v) is 4.28. The summed E-state index contributed by atoms with van der Waals surface area (Å²) >= 11 is 12.9.